The number of aryl methyl sites for hydroxylation is 1. The maximum absolute atomic E-state index is 9.03. The molecule has 0 spiro atoms. The molecule has 1 atom stereocenters. The van der Waals surface area contributed by atoms with Crippen LogP contribution in [0.4, 0.5) is 11.4 Å². The summed E-state index contributed by atoms with van der Waals surface area (Å²) in [6.45, 7) is 3.60. The van der Waals surface area contributed by atoms with Crippen molar-refractivity contribution in [3.63, 3.8) is 0 Å². The molecule has 0 bridgehead atoms. The number of aliphatic hydroxyl groups excluding tert-OH is 1. The first-order valence-corrected chi connectivity index (χ1v) is 8.03. The van der Waals surface area contributed by atoms with E-state index in [9.17, 15) is 0 Å². The Balaban J connectivity index is 0.000000212. The maximum atomic E-state index is 9.03. The predicted molar refractivity (Wildman–Crippen MR) is 105 cm³/mol. The number of nitrogens with one attached hydrogen (secondary N) is 1. The molecule has 0 saturated heterocycles. The highest BCUT2D eigenvalue weighted by Crippen LogP contribution is 2.17. The number of hydrogen-bond acceptors (Lipinski definition) is 4. The number of H-pyrrole nitrogens is 1. The highest BCUT2D eigenvalue weighted by atomic mass is 16.3. The van der Waals surface area contributed by atoms with Gasteiger partial charge in [-0.05, 0) is 37.1 Å². The van der Waals surface area contributed by atoms with Gasteiger partial charge in [0.05, 0.1) is 23.7 Å². The molecule has 6 N–H and O–H groups in total. The van der Waals surface area contributed by atoms with E-state index in [1.807, 2.05) is 55.5 Å². The molecule has 3 aromatic rings. The minimum Gasteiger partial charge on any atom is -0.397 e. The third-order valence-corrected chi connectivity index (χ3v) is 3.70. The van der Waals surface area contributed by atoms with Gasteiger partial charge in [-0.3, -0.25) is 5.10 Å². The molecule has 1 heterocycles. The number of nitrogens with two attached hydrogens (primary N) is 2. The van der Waals surface area contributed by atoms with Gasteiger partial charge in [0.1, 0.15) is 0 Å². The zero-order valence-electron chi connectivity index (χ0n) is 14.5. The summed E-state index contributed by atoms with van der Waals surface area (Å²) in [7, 11) is 0. The summed E-state index contributed by atoms with van der Waals surface area (Å²) >= 11 is 0. The quantitative estimate of drug-likeness (QED) is 0.432. The minimum atomic E-state index is -0.413. The smallest absolute Gasteiger partial charge is 0.0795 e. The average molecular weight is 336 g/mol. The number of anilines is 2. The molecule has 130 valence electrons. The lowest BCUT2D eigenvalue weighted by Crippen LogP contribution is -1.93. The molecule has 0 fully saturated rings. The Morgan fingerprint density at radius 3 is 2.20 bits per heavy atom. The van der Waals surface area contributed by atoms with Crippen molar-refractivity contribution in [2.45, 2.75) is 20.0 Å². The second-order valence-electron chi connectivity index (χ2n) is 5.76. The van der Waals surface area contributed by atoms with E-state index in [1.54, 1.807) is 13.1 Å². The van der Waals surface area contributed by atoms with Crippen LogP contribution in [0.25, 0.3) is 12.2 Å². The van der Waals surface area contributed by atoms with E-state index >= 15 is 0 Å². The lowest BCUT2D eigenvalue weighted by atomic mass is 10.1. The van der Waals surface area contributed by atoms with Gasteiger partial charge in [-0.15, -0.1) is 0 Å². The van der Waals surface area contributed by atoms with Crippen LogP contribution in [0.15, 0.2) is 54.7 Å². The predicted octanol–water partition coefficient (Wildman–Crippen LogP) is 3.79. The fourth-order valence-corrected chi connectivity index (χ4v) is 2.23. The summed E-state index contributed by atoms with van der Waals surface area (Å²) in [4.78, 5) is 0. The van der Waals surface area contributed by atoms with Crippen molar-refractivity contribution >= 4 is 23.5 Å². The van der Waals surface area contributed by atoms with E-state index in [0.29, 0.717) is 11.4 Å². The van der Waals surface area contributed by atoms with Crippen LogP contribution >= 0.6 is 0 Å². The maximum Gasteiger partial charge on any atom is 0.0795 e. The highest BCUT2D eigenvalue weighted by molar-refractivity contribution is 5.74. The second kappa shape index (κ2) is 8.70. The molecule has 0 aliphatic carbocycles. The van der Waals surface area contributed by atoms with Crippen LogP contribution in [0.1, 0.15) is 35.4 Å². The number of aromatic nitrogens is 2. The third-order valence-electron chi connectivity index (χ3n) is 3.70. The summed E-state index contributed by atoms with van der Waals surface area (Å²) in [5.41, 5.74) is 16.6. The first-order chi connectivity index (χ1) is 12.0. The molecule has 1 unspecified atom stereocenters. The fraction of sp³-hybridized carbons (Fsp3) is 0.150. The van der Waals surface area contributed by atoms with Crippen molar-refractivity contribution in [2.24, 2.45) is 0 Å². The van der Waals surface area contributed by atoms with Gasteiger partial charge in [0.15, 0.2) is 0 Å². The Morgan fingerprint density at radius 1 is 1.00 bits per heavy atom. The molecule has 0 amide bonds. The van der Waals surface area contributed by atoms with Gasteiger partial charge >= 0.3 is 0 Å². The van der Waals surface area contributed by atoms with Crippen molar-refractivity contribution in [1.82, 2.24) is 10.2 Å². The van der Waals surface area contributed by atoms with Crippen LogP contribution in [-0.2, 0) is 0 Å². The Bertz CT molecular complexity index is 823. The SMILES string of the molecule is Cc1[nH]ncc1C(C)O.Nc1ccc(C=Cc2ccccc2)cc1N. The number of rotatable bonds is 3. The summed E-state index contributed by atoms with van der Waals surface area (Å²) in [5.74, 6) is 0. The standard InChI is InChI=1S/C14H14N2.C6H10N2O/c15-13-9-8-12(10-14(13)16)7-6-11-4-2-1-3-5-11;1-4-6(5(2)9)3-7-8-4/h1-10H,15-16H2;3,5,9H,1-2H3,(H,7,8). The van der Waals surface area contributed by atoms with Crippen LogP contribution in [-0.4, -0.2) is 15.3 Å². The first kappa shape index (κ1) is 18.3. The number of benzene rings is 2. The largest absolute Gasteiger partial charge is 0.397 e. The molecule has 5 heteroatoms. The lowest BCUT2D eigenvalue weighted by Gasteiger charge is -2.00. The zero-order valence-corrected chi connectivity index (χ0v) is 14.5. The van der Waals surface area contributed by atoms with Gasteiger partial charge in [0.2, 0.25) is 0 Å². The minimum absolute atomic E-state index is 0.413. The Morgan fingerprint density at radius 2 is 1.68 bits per heavy atom. The van der Waals surface area contributed by atoms with Crippen LogP contribution < -0.4 is 11.5 Å². The van der Waals surface area contributed by atoms with E-state index in [1.165, 1.54) is 0 Å². The summed E-state index contributed by atoms with van der Waals surface area (Å²) in [5, 5.41) is 15.5. The van der Waals surface area contributed by atoms with Crippen molar-refractivity contribution in [1.29, 1.82) is 0 Å². The van der Waals surface area contributed by atoms with Gasteiger partial charge < -0.3 is 16.6 Å². The number of aliphatic hydroxyl groups is 1. The van der Waals surface area contributed by atoms with Crippen LogP contribution in [0, 0.1) is 6.92 Å². The zero-order chi connectivity index (χ0) is 18.2. The number of aromatic amines is 1. The molecule has 1 aromatic heterocycles. The van der Waals surface area contributed by atoms with Gasteiger partial charge in [-0.2, -0.15) is 5.10 Å². The molecule has 0 saturated carbocycles. The normalized spacial score (nSPS) is 11.8. The van der Waals surface area contributed by atoms with Gasteiger partial charge in [0.25, 0.3) is 0 Å². The summed E-state index contributed by atoms with van der Waals surface area (Å²) in [6, 6.07) is 15.8. The summed E-state index contributed by atoms with van der Waals surface area (Å²) in [6.07, 6.45) is 5.29. The van der Waals surface area contributed by atoms with E-state index in [-0.39, 0.29) is 0 Å². The molecule has 2 aromatic carbocycles. The second-order valence-corrected chi connectivity index (χ2v) is 5.76. The molecular weight excluding hydrogens is 312 g/mol. The molecule has 0 radical (unpaired) electrons. The molecule has 0 aliphatic rings. The highest BCUT2D eigenvalue weighted by Gasteiger charge is 2.04. The Kier molecular flexibility index (Phi) is 6.37. The lowest BCUT2D eigenvalue weighted by molar-refractivity contribution is 0.198. The van der Waals surface area contributed by atoms with Crippen molar-refractivity contribution in [3.8, 4) is 0 Å². The molecular formula is C20H24N4O. The Hall–Kier alpha value is -3.05. The first-order valence-electron chi connectivity index (χ1n) is 8.03. The third kappa shape index (κ3) is 5.51. The molecule has 0 aliphatic heterocycles. The van der Waals surface area contributed by atoms with Crippen LogP contribution in [0.5, 0.6) is 0 Å². The van der Waals surface area contributed by atoms with E-state index in [2.05, 4.69) is 22.3 Å². The van der Waals surface area contributed by atoms with Crippen molar-refractivity contribution in [2.75, 3.05) is 11.5 Å². The number of nitrogens with zero attached hydrogens (tertiary/aromatic N) is 1. The number of hydrogen-bond donors (Lipinski definition) is 4. The van der Waals surface area contributed by atoms with Gasteiger partial charge in [0, 0.05) is 11.3 Å². The van der Waals surface area contributed by atoms with Gasteiger partial charge in [-0.1, -0.05) is 48.6 Å². The van der Waals surface area contributed by atoms with Crippen molar-refractivity contribution < 1.29 is 5.11 Å². The topological polar surface area (TPSA) is 101 Å². The van der Waals surface area contributed by atoms with E-state index in [4.69, 9.17) is 16.6 Å². The molecule has 3 rings (SSSR count). The summed E-state index contributed by atoms with van der Waals surface area (Å²) < 4.78 is 0. The monoisotopic (exact) mass is 336 g/mol. The van der Waals surface area contributed by atoms with E-state index < -0.39 is 6.10 Å². The number of nitrogen functional groups attached to an aromatic ring is 2. The fourth-order valence-electron chi connectivity index (χ4n) is 2.23. The van der Waals surface area contributed by atoms with Crippen LogP contribution in [0.2, 0.25) is 0 Å². The van der Waals surface area contributed by atoms with Crippen molar-refractivity contribution in [3.05, 3.63) is 77.1 Å². The molecule has 25 heavy (non-hydrogen) atoms. The average Bonchev–Trinajstić information content (AvgIpc) is 3.04. The molecule has 5 nitrogen and oxygen atoms in total. The van der Waals surface area contributed by atoms with Crippen LogP contribution in [0.3, 0.4) is 0 Å². The Labute approximate surface area is 148 Å². The van der Waals surface area contributed by atoms with Gasteiger partial charge in [-0.25, -0.2) is 0 Å². The van der Waals surface area contributed by atoms with E-state index in [0.717, 1.165) is 22.4 Å².